The number of hydrogen-bond acceptors (Lipinski definition) is 2. The van der Waals surface area contributed by atoms with Crippen LogP contribution in [0.1, 0.15) is 55.8 Å². The van der Waals surface area contributed by atoms with E-state index < -0.39 is 0 Å². The van der Waals surface area contributed by atoms with Gasteiger partial charge in [-0.3, -0.25) is 0 Å². The number of aryl methyl sites for hydroxylation is 1. The summed E-state index contributed by atoms with van der Waals surface area (Å²) in [6, 6.07) is 2.05. The van der Waals surface area contributed by atoms with Crippen LogP contribution in [0.4, 0.5) is 0 Å². The summed E-state index contributed by atoms with van der Waals surface area (Å²) in [5.74, 6) is 0.928. The van der Waals surface area contributed by atoms with Crippen LogP contribution in [0.3, 0.4) is 0 Å². The molecule has 3 heteroatoms. The summed E-state index contributed by atoms with van der Waals surface area (Å²) in [6.45, 7) is 8.37. The molecule has 0 amide bonds. The fourth-order valence-electron chi connectivity index (χ4n) is 2.94. The van der Waals surface area contributed by atoms with Gasteiger partial charge in [0, 0.05) is 23.0 Å². The quantitative estimate of drug-likeness (QED) is 0.867. The van der Waals surface area contributed by atoms with Gasteiger partial charge in [-0.15, -0.1) is 0 Å². The molecule has 1 aliphatic heterocycles. The molecule has 1 aromatic carbocycles. The number of ether oxygens (including phenoxy) is 1. The molecule has 0 aromatic heterocycles. The SMILES string of the molecule is CCC1(CC)CC(N)c2c(cc(C)c(Cl)c2C)O1. The predicted molar refractivity (Wildman–Crippen MR) is 76.4 cm³/mol. The molecule has 0 fully saturated rings. The third-order valence-corrected chi connectivity index (χ3v) is 4.85. The largest absolute Gasteiger partial charge is 0.487 e. The molecule has 1 heterocycles. The topological polar surface area (TPSA) is 35.2 Å². The lowest BCUT2D eigenvalue weighted by Gasteiger charge is -2.41. The molecule has 100 valence electrons. The van der Waals surface area contributed by atoms with Crippen molar-refractivity contribution >= 4 is 11.6 Å². The van der Waals surface area contributed by atoms with Crippen molar-refractivity contribution in [2.24, 2.45) is 5.73 Å². The normalized spacial score (nSPS) is 21.3. The highest BCUT2D eigenvalue weighted by Crippen LogP contribution is 2.45. The Kier molecular flexibility index (Phi) is 3.61. The molecule has 0 saturated heterocycles. The van der Waals surface area contributed by atoms with Crippen LogP contribution in [-0.4, -0.2) is 5.60 Å². The third kappa shape index (κ3) is 2.02. The van der Waals surface area contributed by atoms with E-state index in [4.69, 9.17) is 22.1 Å². The van der Waals surface area contributed by atoms with Crippen molar-refractivity contribution in [1.82, 2.24) is 0 Å². The molecule has 1 aliphatic rings. The summed E-state index contributed by atoms with van der Waals surface area (Å²) in [5, 5.41) is 0.813. The van der Waals surface area contributed by atoms with Crippen molar-refractivity contribution in [3.63, 3.8) is 0 Å². The molecule has 0 saturated carbocycles. The molecule has 0 aliphatic carbocycles. The number of halogens is 1. The Morgan fingerprint density at radius 1 is 1.39 bits per heavy atom. The summed E-state index contributed by atoms with van der Waals surface area (Å²) in [5.41, 5.74) is 9.46. The number of fused-ring (bicyclic) bond motifs is 1. The number of nitrogens with two attached hydrogens (primary N) is 1. The third-order valence-electron chi connectivity index (χ3n) is 4.27. The Morgan fingerprint density at radius 2 is 2.00 bits per heavy atom. The van der Waals surface area contributed by atoms with Gasteiger partial charge in [-0.1, -0.05) is 25.4 Å². The Labute approximate surface area is 114 Å². The lowest BCUT2D eigenvalue weighted by atomic mass is 9.82. The first-order valence-electron chi connectivity index (χ1n) is 6.68. The zero-order chi connectivity index (χ0) is 13.5. The summed E-state index contributed by atoms with van der Waals surface area (Å²) < 4.78 is 6.27. The maximum atomic E-state index is 6.35. The number of benzene rings is 1. The first kappa shape index (κ1) is 13.7. The van der Waals surface area contributed by atoms with Crippen LogP contribution in [0.15, 0.2) is 6.07 Å². The second-order valence-corrected chi connectivity index (χ2v) is 5.73. The lowest BCUT2D eigenvalue weighted by Crippen LogP contribution is -2.42. The first-order chi connectivity index (χ1) is 8.44. The van der Waals surface area contributed by atoms with Gasteiger partial charge in [0.1, 0.15) is 11.4 Å². The monoisotopic (exact) mass is 267 g/mol. The fraction of sp³-hybridized carbons (Fsp3) is 0.600. The van der Waals surface area contributed by atoms with Crippen molar-refractivity contribution in [3.8, 4) is 5.75 Å². The van der Waals surface area contributed by atoms with Gasteiger partial charge in [-0.2, -0.15) is 0 Å². The maximum Gasteiger partial charge on any atom is 0.125 e. The minimum Gasteiger partial charge on any atom is -0.487 e. The van der Waals surface area contributed by atoms with Crippen molar-refractivity contribution < 1.29 is 4.74 Å². The lowest BCUT2D eigenvalue weighted by molar-refractivity contribution is 0.0280. The Hall–Kier alpha value is -0.730. The van der Waals surface area contributed by atoms with Crippen molar-refractivity contribution in [3.05, 3.63) is 27.8 Å². The highest BCUT2D eigenvalue weighted by molar-refractivity contribution is 6.32. The van der Waals surface area contributed by atoms with Crippen molar-refractivity contribution in [1.29, 1.82) is 0 Å². The van der Waals surface area contributed by atoms with E-state index in [1.54, 1.807) is 0 Å². The molecule has 0 spiro atoms. The van der Waals surface area contributed by atoms with Gasteiger partial charge < -0.3 is 10.5 Å². The Morgan fingerprint density at radius 3 is 2.56 bits per heavy atom. The zero-order valence-corrected chi connectivity index (χ0v) is 12.4. The average molecular weight is 268 g/mol. The van der Waals surface area contributed by atoms with Crippen molar-refractivity contribution in [2.45, 2.75) is 58.6 Å². The van der Waals surface area contributed by atoms with E-state index in [2.05, 4.69) is 13.8 Å². The molecule has 1 aromatic rings. The van der Waals surface area contributed by atoms with Gasteiger partial charge in [0.2, 0.25) is 0 Å². The molecule has 1 unspecified atom stereocenters. The van der Waals surface area contributed by atoms with Crippen LogP contribution in [0.5, 0.6) is 5.75 Å². The highest BCUT2D eigenvalue weighted by atomic mass is 35.5. The standard InChI is InChI=1S/C15H22ClNO/c1-5-15(6-2)8-11(17)13-10(4)14(16)9(3)7-12(13)18-15/h7,11H,5-6,8,17H2,1-4H3. The summed E-state index contributed by atoms with van der Waals surface area (Å²) in [4.78, 5) is 0. The van der Waals surface area contributed by atoms with Gasteiger partial charge in [0.25, 0.3) is 0 Å². The van der Waals surface area contributed by atoms with Crippen LogP contribution in [0.25, 0.3) is 0 Å². The van der Waals surface area contributed by atoms with Crippen LogP contribution in [0.2, 0.25) is 5.02 Å². The van der Waals surface area contributed by atoms with Crippen molar-refractivity contribution in [2.75, 3.05) is 0 Å². The molecular formula is C15H22ClNO. The molecule has 0 bridgehead atoms. The second kappa shape index (κ2) is 4.75. The molecule has 2 rings (SSSR count). The molecule has 1 atom stereocenters. The molecular weight excluding hydrogens is 246 g/mol. The fourth-order valence-corrected chi connectivity index (χ4v) is 3.10. The van der Waals surface area contributed by atoms with E-state index in [0.717, 1.165) is 46.7 Å². The highest BCUT2D eigenvalue weighted by Gasteiger charge is 2.38. The smallest absolute Gasteiger partial charge is 0.125 e. The van der Waals surface area contributed by atoms with E-state index in [1.807, 2.05) is 19.9 Å². The minimum atomic E-state index is -0.112. The molecule has 0 radical (unpaired) electrons. The molecule has 2 N–H and O–H groups in total. The minimum absolute atomic E-state index is 0.0201. The van der Waals surface area contributed by atoms with E-state index >= 15 is 0 Å². The predicted octanol–water partition coefficient (Wildman–Crippen LogP) is 4.30. The Bertz CT molecular complexity index is 466. The van der Waals surface area contributed by atoms with Gasteiger partial charge in [0.05, 0.1) is 0 Å². The second-order valence-electron chi connectivity index (χ2n) is 5.35. The van der Waals surface area contributed by atoms with E-state index in [-0.39, 0.29) is 11.6 Å². The van der Waals surface area contributed by atoms with Gasteiger partial charge in [-0.25, -0.2) is 0 Å². The number of hydrogen-bond donors (Lipinski definition) is 1. The van der Waals surface area contributed by atoms with E-state index in [9.17, 15) is 0 Å². The maximum absolute atomic E-state index is 6.35. The van der Waals surface area contributed by atoms with E-state index in [1.165, 1.54) is 0 Å². The summed E-state index contributed by atoms with van der Waals surface area (Å²) in [7, 11) is 0. The van der Waals surface area contributed by atoms with Gasteiger partial charge in [-0.05, 0) is 43.9 Å². The summed E-state index contributed by atoms with van der Waals surface area (Å²) >= 11 is 6.31. The number of rotatable bonds is 2. The molecule has 18 heavy (non-hydrogen) atoms. The van der Waals surface area contributed by atoms with Crippen LogP contribution >= 0.6 is 11.6 Å². The van der Waals surface area contributed by atoms with Crippen LogP contribution in [0, 0.1) is 13.8 Å². The van der Waals surface area contributed by atoms with Gasteiger partial charge in [0.15, 0.2) is 0 Å². The first-order valence-corrected chi connectivity index (χ1v) is 7.06. The molecule has 2 nitrogen and oxygen atoms in total. The van der Waals surface area contributed by atoms with Crippen LogP contribution < -0.4 is 10.5 Å². The Balaban J connectivity index is 2.55. The zero-order valence-electron chi connectivity index (χ0n) is 11.6. The summed E-state index contributed by atoms with van der Waals surface area (Å²) in [6.07, 6.45) is 2.84. The van der Waals surface area contributed by atoms with Crippen LogP contribution in [-0.2, 0) is 0 Å². The average Bonchev–Trinajstić information content (AvgIpc) is 2.35. The van der Waals surface area contributed by atoms with Gasteiger partial charge >= 0.3 is 0 Å². The van der Waals surface area contributed by atoms with E-state index in [0.29, 0.717) is 0 Å².